The second-order valence-electron chi connectivity index (χ2n) is 6.00. The molecule has 1 aromatic heterocycles. The summed E-state index contributed by atoms with van der Waals surface area (Å²) in [5, 5.41) is 9.84. The summed E-state index contributed by atoms with van der Waals surface area (Å²) >= 11 is 1.66. The lowest BCUT2D eigenvalue weighted by Gasteiger charge is -2.15. The van der Waals surface area contributed by atoms with Crippen molar-refractivity contribution in [2.75, 3.05) is 32.1 Å². The zero-order chi connectivity index (χ0) is 16.5. The van der Waals surface area contributed by atoms with E-state index in [-0.39, 0.29) is 24.0 Å². The first-order chi connectivity index (χ1) is 11.2. The predicted molar refractivity (Wildman–Crippen MR) is 116 cm³/mol. The molecule has 1 aliphatic rings. The highest BCUT2D eigenvalue weighted by molar-refractivity contribution is 14.0. The molecule has 0 atom stereocenters. The number of allylic oxidation sites excluding steroid dienone is 1. The zero-order valence-corrected chi connectivity index (χ0v) is 18.1. The molecule has 1 aromatic rings. The fraction of sp³-hybridized carbons (Fsp3) is 0.647. The molecule has 0 saturated carbocycles. The molecule has 5 nitrogen and oxygen atoms in total. The summed E-state index contributed by atoms with van der Waals surface area (Å²) in [4.78, 5) is 11.2. The van der Waals surface area contributed by atoms with Gasteiger partial charge in [0.05, 0.1) is 12.2 Å². The number of thiazole rings is 1. The third-order valence-corrected chi connectivity index (χ3v) is 4.85. The van der Waals surface area contributed by atoms with Crippen molar-refractivity contribution in [3.63, 3.8) is 0 Å². The number of nitrogens with zero attached hydrogens (tertiary/aromatic N) is 3. The van der Waals surface area contributed by atoms with E-state index in [1.807, 2.05) is 19.0 Å². The number of anilines is 1. The van der Waals surface area contributed by atoms with Crippen LogP contribution in [0.5, 0.6) is 0 Å². The Morgan fingerprint density at radius 1 is 1.33 bits per heavy atom. The monoisotopic (exact) mass is 463 g/mol. The molecular weight excluding hydrogens is 433 g/mol. The van der Waals surface area contributed by atoms with Crippen molar-refractivity contribution in [2.24, 2.45) is 4.99 Å². The van der Waals surface area contributed by atoms with E-state index in [1.54, 1.807) is 16.9 Å². The minimum absolute atomic E-state index is 0. The van der Waals surface area contributed by atoms with Gasteiger partial charge in [-0.1, -0.05) is 11.6 Å². The maximum atomic E-state index is 4.64. The van der Waals surface area contributed by atoms with E-state index in [2.05, 4.69) is 39.0 Å². The van der Waals surface area contributed by atoms with Crippen LogP contribution < -0.4 is 15.5 Å². The lowest BCUT2D eigenvalue weighted by Crippen LogP contribution is -2.37. The molecule has 0 spiro atoms. The second kappa shape index (κ2) is 11.7. The normalized spacial score (nSPS) is 14.6. The summed E-state index contributed by atoms with van der Waals surface area (Å²) in [5.74, 6) is 0.878. The van der Waals surface area contributed by atoms with Crippen LogP contribution in [0, 0.1) is 0 Å². The van der Waals surface area contributed by atoms with E-state index >= 15 is 0 Å². The molecule has 1 heterocycles. The van der Waals surface area contributed by atoms with E-state index in [9.17, 15) is 0 Å². The van der Waals surface area contributed by atoms with Crippen molar-refractivity contribution in [3.8, 4) is 0 Å². The molecule has 136 valence electrons. The molecule has 0 unspecified atom stereocenters. The Bertz CT molecular complexity index is 539. The topological polar surface area (TPSA) is 52.6 Å². The van der Waals surface area contributed by atoms with Crippen LogP contribution in [-0.2, 0) is 6.54 Å². The van der Waals surface area contributed by atoms with Crippen LogP contribution in [0.3, 0.4) is 0 Å². The molecule has 0 aliphatic heterocycles. The highest BCUT2D eigenvalue weighted by Crippen LogP contribution is 2.19. The van der Waals surface area contributed by atoms with Gasteiger partial charge in [-0.05, 0) is 39.0 Å². The van der Waals surface area contributed by atoms with Crippen LogP contribution in [0.25, 0.3) is 0 Å². The molecule has 0 radical (unpaired) electrons. The number of guanidine groups is 1. The van der Waals surface area contributed by atoms with E-state index in [4.69, 9.17) is 0 Å². The highest BCUT2D eigenvalue weighted by Gasteiger charge is 2.05. The first-order valence-corrected chi connectivity index (χ1v) is 9.39. The third-order valence-electron chi connectivity index (χ3n) is 3.79. The van der Waals surface area contributed by atoms with E-state index < -0.39 is 0 Å². The van der Waals surface area contributed by atoms with Gasteiger partial charge in [0.25, 0.3) is 0 Å². The van der Waals surface area contributed by atoms with Crippen molar-refractivity contribution in [3.05, 3.63) is 22.7 Å². The van der Waals surface area contributed by atoms with Crippen molar-refractivity contribution in [1.82, 2.24) is 15.6 Å². The van der Waals surface area contributed by atoms with Gasteiger partial charge in [0.15, 0.2) is 11.1 Å². The standard InChI is InChI=1S/C17H29N5S.HI/c1-4-18-16(19-11-10-14-8-6-5-7-9-14)20-12-15-13-23-17(21-15)22(2)3;/h8,13H,4-7,9-12H2,1-3H3,(H2,18,19,20);1H. The van der Waals surface area contributed by atoms with E-state index in [1.165, 1.54) is 25.7 Å². The van der Waals surface area contributed by atoms with E-state index in [0.29, 0.717) is 6.54 Å². The number of aromatic nitrogens is 1. The number of hydrogen-bond donors (Lipinski definition) is 2. The quantitative estimate of drug-likeness (QED) is 0.280. The van der Waals surface area contributed by atoms with Gasteiger partial charge >= 0.3 is 0 Å². The van der Waals surface area contributed by atoms with Gasteiger partial charge in [0, 0.05) is 32.6 Å². The fourth-order valence-corrected chi connectivity index (χ4v) is 3.30. The van der Waals surface area contributed by atoms with Gasteiger partial charge in [0.1, 0.15) is 0 Å². The Morgan fingerprint density at radius 3 is 2.79 bits per heavy atom. The highest BCUT2D eigenvalue weighted by atomic mass is 127. The molecule has 2 N–H and O–H groups in total. The Labute approximate surface area is 167 Å². The molecule has 0 amide bonds. The average molecular weight is 463 g/mol. The van der Waals surface area contributed by atoms with Crippen LogP contribution in [0.4, 0.5) is 5.13 Å². The largest absolute Gasteiger partial charge is 0.357 e. The number of nitrogens with one attached hydrogen (secondary N) is 2. The Balaban J connectivity index is 0.00000288. The first-order valence-electron chi connectivity index (χ1n) is 8.51. The average Bonchev–Trinajstić information content (AvgIpc) is 3.03. The lowest BCUT2D eigenvalue weighted by molar-refractivity contribution is 0.665. The minimum Gasteiger partial charge on any atom is -0.357 e. The summed E-state index contributed by atoms with van der Waals surface area (Å²) in [6.07, 6.45) is 8.74. The summed E-state index contributed by atoms with van der Waals surface area (Å²) in [5.41, 5.74) is 2.61. The van der Waals surface area contributed by atoms with Gasteiger partial charge in [-0.15, -0.1) is 35.3 Å². The maximum absolute atomic E-state index is 4.64. The Morgan fingerprint density at radius 2 is 2.17 bits per heavy atom. The summed E-state index contributed by atoms with van der Waals surface area (Å²) in [6, 6.07) is 0. The smallest absolute Gasteiger partial charge is 0.191 e. The van der Waals surface area contributed by atoms with Gasteiger partial charge in [0.2, 0.25) is 0 Å². The second-order valence-corrected chi connectivity index (χ2v) is 6.83. The van der Waals surface area contributed by atoms with Crippen LogP contribution >= 0.6 is 35.3 Å². The third kappa shape index (κ3) is 7.38. The molecule has 2 rings (SSSR count). The van der Waals surface area contributed by atoms with Crippen LogP contribution in [-0.4, -0.2) is 38.1 Å². The molecule has 0 bridgehead atoms. The van der Waals surface area contributed by atoms with Crippen molar-refractivity contribution in [2.45, 2.75) is 45.6 Å². The Hall–Kier alpha value is -0.830. The molecule has 1 aliphatic carbocycles. The zero-order valence-electron chi connectivity index (χ0n) is 15.0. The fourth-order valence-electron chi connectivity index (χ4n) is 2.55. The van der Waals surface area contributed by atoms with Gasteiger partial charge < -0.3 is 15.5 Å². The first kappa shape index (κ1) is 21.2. The number of aliphatic imine (C=N–C) groups is 1. The molecule has 7 heteroatoms. The van der Waals surface area contributed by atoms with Gasteiger partial charge in [-0.2, -0.15) is 0 Å². The van der Waals surface area contributed by atoms with Crippen LogP contribution in [0.15, 0.2) is 22.0 Å². The number of halogens is 1. The van der Waals surface area contributed by atoms with Crippen molar-refractivity contribution < 1.29 is 0 Å². The summed E-state index contributed by atoms with van der Waals surface area (Å²) in [6.45, 7) is 4.52. The van der Waals surface area contributed by atoms with Crippen LogP contribution in [0.1, 0.15) is 44.7 Å². The number of rotatable bonds is 7. The predicted octanol–water partition coefficient (Wildman–Crippen LogP) is 3.77. The summed E-state index contributed by atoms with van der Waals surface area (Å²) < 4.78 is 0. The molecule has 0 aromatic carbocycles. The Kier molecular flexibility index (Phi) is 10.3. The molecular formula is C17H30IN5S. The lowest BCUT2D eigenvalue weighted by atomic mass is 9.97. The molecule has 0 saturated heterocycles. The molecule has 24 heavy (non-hydrogen) atoms. The SMILES string of the molecule is CCNC(=NCc1csc(N(C)C)n1)NCCC1=CCCCC1.I. The maximum Gasteiger partial charge on any atom is 0.191 e. The molecule has 0 fully saturated rings. The van der Waals surface area contributed by atoms with Gasteiger partial charge in [-0.25, -0.2) is 9.98 Å². The van der Waals surface area contributed by atoms with Crippen molar-refractivity contribution in [1.29, 1.82) is 0 Å². The van der Waals surface area contributed by atoms with Crippen molar-refractivity contribution >= 4 is 46.4 Å². The minimum atomic E-state index is 0. The summed E-state index contributed by atoms with van der Waals surface area (Å²) in [7, 11) is 4.02. The van der Waals surface area contributed by atoms with Crippen LogP contribution in [0.2, 0.25) is 0 Å². The number of hydrogen-bond acceptors (Lipinski definition) is 4. The van der Waals surface area contributed by atoms with E-state index in [0.717, 1.165) is 36.3 Å². The van der Waals surface area contributed by atoms with Gasteiger partial charge in [-0.3, -0.25) is 0 Å².